The predicted molar refractivity (Wildman–Crippen MR) is 93.5 cm³/mol. The molecule has 0 saturated heterocycles. The van der Waals surface area contributed by atoms with Crippen LogP contribution in [0.5, 0.6) is 5.75 Å². The van der Waals surface area contributed by atoms with E-state index in [0.29, 0.717) is 5.82 Å². The monoisotopic (exact) mass is 369 g/mol. The number of benzene rings is 1. The van der Waals surface area contributed by atoms with Gasteiger partial charge in [0.15, 0.2) is 23.5 Å². The molecule has 2 N–H and O–H groups in total. The van der Waals surface area contributed by atoms with E-state index in [2.05, 4.69) is 20.9 Å². The summed E-state index contributed by atoms with van der Waals surface area (Å²) in [5.41, 5.74) is 4.74. The number of hydrogen-bond acceptors (Lipinski definition) is 5. The molecule has 0 saturated carbocycles. The highest BCUT2D eigenvalue weighted by Gasteiger charge is 2.17. The average molecular weight is 369 g/mol. The number of nitrogens with zero attached hydrogens (tertiary/aromatic N) is 3. The van der Waals surface area contributed by atoms with E-state index in [9.17, 15) is 14.0 Å². The van der Waals surface area contributed by atoms with Crippen LogP contribution in [0.4, 0.5) is 4.39 Å². The van der Waals surface area contributed by atoms with Crippen molar-refractivity contribution in [1.82, 2.24) is 25.6 Å². The Balaban J connectivity index is 1.53. The third-order valence-corrected chi connectivity index (χ3v) is 3.56. The predicted octanol–water partition coefficient (Wildman–Crippen LogP) is 1.63. The molecule has 9 heteroatoms. The van der Waals surface area contributed by atoms with Gasteiger partial charge in [-0.05, 0) is 37.3 Å². The van der Waals surface area contributed by atoms with E-state index < -0.39 is 23.7 Å². The summed E-state index contributed by atoms with van der Waals surface area (Å²) < 4.78 is 20.3. The van der Waals surface area contributed by atoms with Gasteiger partial charge in [0.2, 0.25) is 0 Å². The van der Waals surface area contributed by atoms with E-state index in [1.165, 1.54) is 31.3 Å². The summed E-state index contributed by atoms with van der Waals surface area (Å²) in [6, 6.07) is 10.6. The smallest absolute Gasteiger partial charge is 0.279 e. The highest BCUT2D eigenvalue weighted by Crippen LogP contribution is 2.16. The SMILES string of the molecule is C[C@@H](Oc1ccccc1F)C(=O)NNC(=O)c1ccc(-n2cccn2)nc1. The van der Waals surface area contributed by atoms with Gasteiger partial charge in [-0.2, -0.15) is 5.10 Å². The molecule has 138 valence electrons. The number of carbonyl (C=O) groups is 2. The van der Waals surface area contributed by atoms with Crippen molar-refractivity contribution in [3.8, 4) is 11.6 Å². The van der Waals surface area contributed by atoms with Crippen molar-refractivity contribution in [2.24, 2.45) is 0 Å². The van der Waals surface area contributed by atoms with E-state index in [1.807, 2.05) is 0 Å². The number of aromatic nitrogens is 3. The first-order valence-corrected chi connectivity index (χ1v) is 8.02. The second kappa shape index (κ2) is 8.09. The van der Waals surface area contributed by atoms with Gasteiger partial charge in [0.1, 0.15) is 0 Å². The van der Waals surface area contributed by atoms with Crippen molar-refractivity contribution < 1.29 is 18.7 Å². The minimum atomic E-state index is -1.01. The summed E-state index contributed by atoms with van der Waals surface area (Å²) in [5.74, 6) is -1.27. The minimum Gasteiger partial charge on any atom is -0.478 e. The zero-order valence-corrected chi connectivity index (χ0v) is 14.3. The van der Waals surface area contributed by atoms with Gasteiger partial charge >= 0.3 is 0 Å². The number of ether oxygens (including phenoxy) is 1. The topological polar surface area (TPSA) is 98.1 Å². The highest BCUT2D eigenvalue weighted by molar-refractivity contribution is 5.95. The number of nitrogens with one attached hydrogen (secondary N) is 2. The second-order valence-electron chi connectivity index (χ2n) is 5.49. The van der Waals surface area contributed by atoms with E-state index >= 15 is 0 Å². The van der Waals surface area contributed by atoms with Gasteiger partial charge in [-0.3, -0.25) is 20.4 Å². The molecule has 8 nitrogen and oxygen atoms in total. The largest absolute Gasteiger partial charge is 0.478 e. The van der Waals surface area contributed by atoms with Crippen LogP contribution in [0.3, 0.4) is 0 Å². The highest BCUT2D eigenvalue weighted by atomic mass is 19.1. The summed E-state index contributed by atoms with van der Waals surface area (Å²) >= 11 is 0. The normalized spacial score (nSPS) is 11.5. The quantitative estimate of drug-likeness (QED) is 0.666. The molecular formula is C18H16FN5O3. The first-order valence-electron chi connectivity index (χ1n) is 8.02. The number of hydrazine groups is 1. The first kappa shape index (κ1) is 18.1. The zero-order chi connectivity index (χ0) is 19.2. The molecule has 3 aromatic rings. The molecule has 2 amide bonds. The van der Waals surface area contributed by atoms with Crippen molar-refractivity contribution in [2.45, 2.75) is 13.0 Å². The Hall–Kier alpha value is -3.75. The molecule has 0 aliphatic heterocycles. The standard InChI is InChI=1S/C18H16FN5O3/c1-12(27-15-6-3-2-5-14(15)19)17(25)22-23-18(26)13-7-8-16(20-11-13)24-10-4-9-21-24/h2-12H,1H3,(H,22,25)(H,23,26)/t12-/m1/s1. The summed E-state index contributed by atoms with van der Waals surface area (Å²) in [6.07, 6.45) is 3.68. The van der Waals surface area contributed by atoms with Crippen molar-refractivity contribution >= 4 is 11.8 Å². The second-order valence-corrected chi connectivity index (χ2v) is 5.49. The van der Waals surface area contributed by atoms with Gasteiger partial charge in [-0.1, -0.05) is 12.1 Å². The molecule has 0 bridgehead atoms. The van der Waals surface area contributed by atoms with Gasteiger partial charge in [-0.25, -0.2) is 14.1 Å². The lowest BCUT2D eigenvalue weighted by molar-refractivity contribution is -0.128. The third-order valence-electron chi connectivity index (χ3n) is 3.56. The first-order chi connectivity index (χ1) is 13.0. The molecule has 3 rings (SSSR count). The van der Waals surface area contributed by atoms with Crippen molar-refractivity contribution in [1.29, 1.82) is 0 Å². The minimum absolute atomic E-state index is 0.0510. The fraction of sp³-hybridized carbons (Fsp3) is 0.111. The number of carbonyl (C=O) groups excluding carboxylic acids is 2. The Kier molecular flexibility index (Phi) is 5.41. The maximum atomic E-state index is 13.5. The van der Waals surface area contributed by atoms with Crippen LogP contribution in [-0.2, 0) is 4.79 Å². The van der Waals surface area contributed by atoms with Gasteiger partial charge in [0.05, 0.1) is 5.56 Å². The van der Waals surface area contributed by atoms with Crippen LogP contribution in [0.2, 0.25) is 0 Å². The molecule has 0 aliphatic rings. The molecule has 1 atom stereocenters. The van der Waals surface area contributed by atoms with Crippen LogP contribution in [0.25, 0.3) is 5.82 Å². The van der Waals surface area contributed by atoms with Gasteiger partial charge < -0.3 is 4.74 Å². The van der Waals surface area contributed by atoms with Crippen LogP contribution < -0.4 is 15.6 Å². The number of para-hydroxylation sites is 1. The lowest BCUT2D eigenvalue weighted by Gasteiger charge is -2.15. The molecule has 2 heterocycles. The summed E-state index contributed by atoms with van der Waals surface area (Å²) in [7, 11) is 0. The van der Waals surface area contributed by atoms with Gasteiger partial charge in [0, 0.05) is 18.6 Å². The maximum Gasteiger partial charge on any atom is 0.279 e. The van der Waals surface area contributed by atoms with Crippen LogP contribution in [0, 0.1) is 5.82 Å². The molecule has 1 aromatic carbocycles. The van der Waals surface area contributed by atoms with Gasteiger partial charge in [-0.15, -0.1) is 0 Å². The van der Waals surface area contributed by atoms with Gasteiger partial charge in [0.25, 0.3) is 11.8 Å². The van der Waals surface area contributed by atoms with Crippen LogP contribution in [0.1, 0.15) is 17.3 Å². The fourth-order valence-corrected chi connectivity index (χ4v) is 2.14. The Labute approximate surface area is 154 Å². The Bertz CT molecular complexity index is 928. The summed E-state index contributed by atoms with van der Waals surface area (Å²) in [5, 5.41) is 4.04. The molecule has 0 unspecified atom stereocenters. The van der Waals surface area contributed by atoms with Crippen molar-refractivity contribution in [3.05, 3.63) is 72.4 Å². The van der Waals surface area contributed by atoms with E-state index in [1.54, 1.807) is 41.3 Å². The average Bonchev–Trinajstić information content (AvgIpc) is 3.22. The summed E-state index contributed by atoms with van der Waals surface area (Å²) in [6.45, 7) is 1.44. The van der Waals surface area contributed by atoms with E-state index in [4.69, 9.17) is 4.74 Å². The summed E-state index contributed by atoms with van der Waals surface area (Å²) in [4.78, 5) is 28.2. The Morgan fingerprint density at radius 3 is 2.63 bits per heavy atom. The van der Waals surface area contributed by atoms with Crippen molar-refractivity contribution in [3.63, 3.8) is 0 Å². The molecule has 0 spiro atoms. The molecular weight excluding hydrogens is 353 g/mol. The maximum absolute atomic E-state index is 13.5. The van der Waals surface area contributed by atoms with Crippen LogP contribution in [0.15, 0.2) is 61.1 Å². The molecule has 0 radical (unpaired) electrons. The number of pyridine rings is 1. The van der Waals surface area contributed by atoms with E-state index in [-0.39, 0.29) is 11.3 Å². The fourth-order valence-electron chi connectivity index (χ4n) is 2.14. The zero-order valence-electron chi connectivity index (χ0n) is 14.3. The van der Waals surface area contributed by atoms with Crippen molar-refractivity contribution in [2.75, 3.05) is 0 Å². The lowest BCUT2D eigenvalue weighted by atomic mass is 10.2. The molecule has 2 aromatic heterocycles. The molecule has 27 heavy (non-hydrogen) atoms. The molecule has 0 fully saturated rings. The third kappa shape index (κ3) is 4.46. The number of amides is 2. The number of halogens is 1. The molecule has 0 aliphatic carbocycles. The number of rotatable bonds is 5. The van der Waals surface area contributed by atoms with Crippen LogP contribution >= 0.6 is 0 Å². The lowest BCUT2D eigenvalue weighted by Crippen LogP contribution is -2.47. The van der Waals surface area contributed by atoms with E-state index in [0.717, 1.165) is 0 Å². The Morgan fingerprint density at radius 2 is 1.96 bits per heavy atom. The number of hydrogen-bond donors (Lipinski definition) is 2. The Morgan fingerprint density at radius 1 is 1.15 bits per heavy atom. The van der Waals surface area contributed by atoms with Crippen LogP contribution in [-0.4, -0.2) is 32.7 Å².